The second kappa shape index (κ2) is 6.22. The van der Waals surface area contributed by atoms with Crippen molar-refractivity contribution >= 4 is 11.6 Å². The molecule has 3 aromatic rings. The number of carbonyl (C=O) groups is 1. The van der Waals surface area contributed by atoms with Crippen LogP contribution in [0.2, 0.25) is 0 Å². The summed E-state index contributed by atoms with van der Waals surface area (Å²) in [4.78, 5) is 14.4. The highest BCUT2D eigenvalue weighted by atomic mass is 16.3. The van der Waals surface area contributed by atoms with Crippen molar-refractivity contribution in [1.29, 1.82) is 0 Å². The number of furan rings is 2. The maximum Gasteiger partial charge on any atom is 0.256 e. The molecule has 1 aromatic carbocycles. The molecule has 1 amide bonds. The first-order valence-electron chi connectivity index (χ1n) is 6.92. The van der Waals surface area contributed by atoms with Gasteiger partial charge in [-0.1, -0.05) is 12.1 Å². The molecule has 2 heterocycles. The lowest BCUT2D eigenvalue weighted by molar-refractivity contribution is 0.0706. The van der Waals surface area contributed by atoms with Crippen LogP contribution in [0.25, 0.3) is 0 Å². The van der Waals surface area contributed by atoms with Crippen molar-refractivity contribution in [2.45, 2.75) is 13.1 Å². The normalized spacial score (nSPS) is 10.5. The van der Waals surface area contributed by atoms with E-state index in [0.717, 1.165) is 0 Å². The van der Waals surface area contributed by atoms with E-state index in [1.54, 1.807) is 53.8 Å². The second-order valence-electron chi connectivity index (χ2n) is 4.91. The SMILES string of the molecule is Nc1ccccc1C(=O)N(Cc1ccco1)Cc1ccco1. The van der Waals surface area contributed by atoms with Gasteiger partial charge >= 0.3 is 0 Å². The molecule has 112 valence electrons. The third-order valence-corrected chi connectivity index (χ3v) is 3.33. The summed E-state index contributed by atoms with van der Waals surface area (Å²) in [6.07, 6.45) is 3.17. The third-order valence-electron chi connectivity index (χ3n) is 3.33. The largest absolute Gasteiger partial charge is 0.467 e. The molecule has 0 atom stereocenters. The summed E-state index contributed by atoms with van der Waals surface area (Å²) >= 11 is 0. The van der Waals surface area contributed by atoms with E-state index in [1.165, 1.54) is 0 Å². The van der Waals surface area contributed by atoms with Crippen LogP contribution in [0.5, 0.6) is 0 Å². The number of nitrogens with zero attached hydrogens (tertiary/aromatic N) is 1. The lowest BCUT2D eigenvalue weighted by Gasteiger charge is -2.21. The van der Waals surface area contributed by atoms with E-state index in [9.17, 15) is 4.79 Å². The summed E-state index contributed by atoms with van der Waals surface area (Å²) in [6.45, 7) is 0.696. The molecule has 0 unspecified atom stereocenters. The van der Waals surface area contributed by atoms with E-state index in [0.29, 0.717) is 35.9 Å². The van der Waals surface area contributed by atoms with Crippen LogP contribution in [0.1, 0.15) is 21.9 Å². The number of rotatable bonds is 5. The maximum atomic E-state index is 12.8. The van der Waals surface area contributed by atoms with Gasteiger partial charge in [0, 0.05) is 5.69 Å². The van der Waals surface area contributed by atoms with Crippen LogP contribution in [0.3, 0.4) is 0 Å². The molecular weight excluding hydrogens is 280 g/mol. The number of carbonyl (C=O) groups excluding carboxylic acids is 1. The molecule has 0 aliphatic carbocycles. The predicted octanol–water partition coefficient (Wildman–Crippen LogP) is 3.30. The predicted molar refractivity (Wildman–Crippen MR) is 81.8 cm³/mol. The molecule has 0 fully saturated rings. The van der Waals surface area contributed by atoms with Crippen molar-refractivity contribution in [3.63, 3.8) is 0 Å². The van der Waals surface area contributed by atoms with Gasteiger partial charge in [0.2, 0.25) is 0 Å². The number of hydrogen-bond donors (Lipinski definition) is 1. The summed E-state index contributed by atoms with van der Waals surface area (Å²) in [7, 11) is 0. The number of hydrogen-bond acceptors (Lipinski definition) is 4. The molecule has 5 heteroatoms. The fraction of sp³-hybridized carbons (Fsp3) is 0.118. The van der Waals surface area contributed by atoms with E-state index in [-0.39, 0.29) is 5.91 Å². The number of nitrogens with two attached hydrogens (primary N) is 1. The van der Waals surface area contributed by atoms with Crippen molar-refractivity contribution in [3.05, 3.63) is 78.1 Å². The smallest absolute Gasteiger partial charge is 0.256 e. The Morgan fingerprint density at radius 1 is 0.909 bits per heavy atom. The quantitative estimate of drug-likeness (QED) is 0.733. The fourth-order valence-electron chi connectivity index (χ4n) is 2.24. The number of nitrogen functional groups attached to an aromatic ring is 1. The van der Waals surface area contributed by atoms with Crippen LogP contribution < -0.4 is 5.73 Å². The molecule has 0 aliphatic heterocycles. The average molecular weight is 296 g/mol. The second-order valence-corrected chi connectivity index (χ2v) is 4.91. The van der Waals surface area contributed by atoms with E-state index >= 15 is 0 Å². The van der Waals surface area contributed by atoms with Gasteiger partial charge in [0.05, 0.1) is 31.2 Å². The molecule has 22 heavy (non-hydrogen) atoms. The molecule has 2 aromatic heterocycles. The minimum atomic E-state index is -0.161. The van der Waals surface area contributed by atoms with Gasteiger partial charge in [-0.25, -0.2) is 0 Å². The molecule has 0 bridgehead atoms. The van der Waals surface area contributed by atoms with Crippen LogP contribution in [0.15, 0.2) is 69.9 Å². The number of para-hydroxylation sites is 1. The minimum absolute atomic E-state index is 0.161. The molecule has 0 radical (unpaired) electrons. The fourth-order valence-corrected chi connectivity index (χ4v) is 2.24. The first-order chi connectivity index (χ1) is 10.7. The Morgan fingerprint density at radius 2 is 1.50 bits per heavy atom. The molecule has 2 N–H and O–H groups in total. The monoisotopic (exact) mass is 296 g/mol. The van der Waals surface area contributed by atoms with Crippen molar-refractivity contribution in [3.8, 4) is 0 Å². The van der Waals surface area contributed by atoms with Gasteiger partial charge in [0.15, 0.2) is 0 Å². The van der Waals surface area contributed by atoms with Gasteiger partial charge in [-0.2, -0.15) is 0 Å². The standard InChI is InChI=1S/C17H16N2O3/c18-16-8-2-1-7-15(16)17(20)19(11-13-5-3-9-21-13)12-14-6-4-10-22-14/h1-10H,11-12,18H2. The Morgan fingerprint density at radius 3 is 2.00 bits per heavy atom. The van der Waals surface area contributed by atoms with Crippen molar-refractivity contribution in [2.75, 3.05) is 5.73 Å². The molecule has 5 nitrogen and oxygen atoms in total. The van der Waals surface area contributed by atoms with Crippen molar-refractivity contribution in [1.82, 2.24) is 4.90 Å². The zero-order valence-electron chi connectivity index (χ0n) is 11.9. The lowest BCUT2D eigenvalue weighted by Crippen LogP contribution is -2.30. The van der Waals surface area contributed by atoms with Gasteiger partial charge in [-0.15, -0.1) is 0 Å². The summed E-state index contributed by atoms with van der Waals surface area (Å²) < 4.78 is 10.7. The van der Waals surface area contributed by atoms with E-state index in [2.05, 4.69) is 0 Å². The molecule has 3 rings (SSSR count). The van der Waals surface area contributed by atoms with Crippen LogP contribution in [-0.2, 0) is 13.1 Å². The molecule has 0 saturated carbocycles. The minimum Gasteiger partial charge on any atom is -0.467 e. The molecule has 0 aliphatic rings. The Hall–Kier alpha value is -2.95. The van der Waals surface area contributed by atoms with Gasteiger partial charge in [-0.05, 0) is 36.4 Å². The maximum absolute atomic E-state index is 12.8. The van der Waals surface area contributed by atoms with Crippen molar-refractivity contribution < 1.29 is 13.6 Å². The Bertz CT molecular complexity index is 697. The Kier molecular flexibility index (Phi) is 3.96. The first kappa shape index (κ1) is 14.0. The van der Waals surface area contributed by atoms with Gasteiger partial charge < -0.3 is 19.5 Å². The van der Waals surface area contributed by atoms with Gasteiger partial charge in [-0.3, -0.25) is 4.79 Å². The van der Waals surface area contributed by atoms with E-state index in [1.807, 2.05) is 12.1 Å². The number of anilines is 1. The van der Waals surface area contributed by atoms with E-state index in [4.69, 9.17) is 14.6 Å². The molecule has 0 saturated heterocycles. The Labute approximate surface area is 127 Å². The summed E-state index contributed by atoms with van der Waals surface area (Å²) in [5.41, 5.74) is 6.84. The summed E-state index contributed by atoms with van der Waals surface area (Å²) in [6, 6.07) is 14.3. The summed E-state index contributed by atoms with van der Waals surface area (Å²) in [5.74, 6) is 1.25. The van der Waals surface area contributed by atoms with E-state index < -0.39 is 0 Å². The average Bonchev–Trinajstić information content (AvgIpc) is 3.20. The Balaban J connectivity index is 1.87. The zero-order chi connectivity index (χ0) is 15.4. The van der Waals surface area contributed by atoms with Gasteiger partial charge in [0.1, 0.15) is 11.5 Å². The van der Waals surface area contributed by atoms with Crippen LogP contribution in [0.4, 0.5) is 5.69 Å². The number of benzene rings is 1. The van der Waals surface area contributed by atoms with Crippen LogP contribution in [-0.4, -0.2) is 10.8 Å². The van der Waals surface area contributed by atoms with Crippen LogP contribution >= 0.6 is 0 Å². The summed E-state index contributed by atoms with van der Waals surface area (Å²) in [5, 5.41) is 0. The molecule has 0 spiro atoms. The highest BCUT2D eigenvalue weighted by Crippen LogP contribution is 2.18. The number of amides is 1. The third kappa shape index (κ3) is 3.03. The first-order valence-corrected chi connectivity index (χ1v) is 6.92. The zero-order valence-corrected chi connectivity index (χ0v) is 11.9. The van der Waals surface area contributed by atoms with Crippen molar-refractivity contribution in [2.24, 2.45) is 0 Å². The lowest BCUT2D eigenvalue weighted by atomic mass is 10.1. The van der Waals surface area contributed by atoms with Gasteiger partial charge in [0.25, 0.3) is 5.91 Å². The topological polar surface area (TPSA) is 72.6 Å². The molecular formula is C17H16N2O3. The van der Waals surface area contributed by atoms with Crippen LogP contribution in [0, 0.1) is 0 Å². The highest BCUT2D eigenvalue weighted by Gasteiger charge is 2.20. The highest BCUT2D eigenvalue weighted by molar-refractivity contribution is 5.99.